The smallest absolute Gasteiger partial charge is 0.341 e. The summed E-state index contributed by atoms with van der Waals surface area (Å²) < 4.78 is 5.03. The quantitative estimate of drug-likeness (QED) is 0.534. The van der Waals surface area contributed by atoms with Crippen LogP contribution in [-0.4, -0.2) is 37.8 Å². The molecular formula is C21H27N2O3S2+. The van der Waals surface area contributed by atoms with Crippen molar-refractivity contribution in [2.75, 3.05) is 31.3 Å². The van der Waals surface area contributed by atoms with Crippen molar-refractivity contribution in [2.45, 2.75) is 38.1 Å². The molecule has 1 aromatic carbocycles. The molecule has 0 radical (unpaired) electrons. The molecule has 2 heterocycles. The standard InChI is InChI=1S/C21H26N2O3S2/c1-4-11-23-12-10-14-17(13-23)28-20(18(14)21(25)26-3)22-19(24)15-8-6-7-9-16(15)27-5-2/h6-9H,4-5,10-13H2,1-3H3,(H,22,24)/p+1. The molecule has 1 aliphatic rings. The maximum atomic E-state index is 13.0. The van der Waals surface area contributed by atoms with E-state index in [2.05, 4.69) is 19.2 Å². The molecule has 1 aliphatic heterocycles. The number of nitrogens with one attached hydrogen (secondary N) is 2. The molecule has 0 spiro atoms. The highest BCUT2D eigenvalue weighted by atomic mass is 32.2. The second kappa shape index (κ2) is 9.58. The molecule has 0 aliphatic carbocycles. The molecule has 28 heavy (non-hydrogen) atoms. The van der Waals surface area contributed by atoms with Crippen molar-refractivity contribution >= 4 is 40.0 Å². The number of amides is 1. The summed E-state index contributed by atoms with van der Waals surface area (Å²) in [6.07, 6.45) is 1.97. The lowest BCUT2D eigenvalue weighted by molar-refractivity contribution is -0.915. The summed E-state index contributed by atoms with van der Waals surface area (Å²) in [5.41, 5.74) is 2.21. The molecule has 0 fully saturated rings. The first-order valence-electron chi connectivity index (χ1n) is 9.68. The van der Waals surface area contributed by atoms with Gasteiger partial charge in [0.25, 0.3) is 5.91 Å². The Morgan fingerprint density at radius 2 is 2.07 bits per heavy atom. The van der Waals surface area contributed by atoms with Gasteiger partial charge in [0.1, 0.15) is 11.5 Å². The number of esters is 1. The van der Waals surface area contributed by atoms with Crippen molar-refractivity contribution in [1.82, 2.24) is 0 Å². The molecule has 2 aromatic rings. The SMILES string of the molecule is CCC[NH+]1CCc2c(sc(NC(=O)c3ccccc3SCC)c2C(=O)OC)C1. The monoisotopic (exact) mass is 419 g/mol. The van der Waals surface area contributed by atoms with Gasteiger partial charge in [-0.3, -0.25) is 4.79 Å². The van der Waals surface area contributed by atoms with Crippen LogP contribution in [0.3, 0.4) is 0 Å². The molecule has 1 atom stereocenters. The van der Waals surface area contributed by atoms with Crippen LogP contribution in [0, 0.1) is 0 Å². The van der Waals surface area contributed by atoms with Gasteiger partial charge in [-0.15, -0.1) is 23.1 Å². The van der Waals surface area contributed by atoms with Crippen LogP contribution in [0.5, 0.6) is 0 Å². The van der Waals surface area contributed by atoms with Gasteiger partial charge in [-0.1, -0.05) is 26.0 Å². The summed E-state index contributed by atoms with van der Waals surface area (Å²) in [6, 6.07) is 7.58. The van der Waals surface area contributed by atoms with Crippen LogP contribution in [0.4, 0.5) is 5.00 Å². The van der Waals surface area contributed by atoms with Gasteiger partial charge in [0, 0.05) is 11.3 Å². The van der Waals surface area contributed by atoms with Crippen LogP contribution in [0.2, 0.25) is 0 Å². The predicted octanol–water partition coefficient (Wildman–Crippen LogP) is 3.25. The van der Waals surface area contributed by atoms with Crippen molar-refractivity contribution in [3.63, 3.8) is 0 Å². The van der Waals surface area contributed by atoms with Crippen molar-refractivity contribution in [3.05, 3.63) is 45.8 Å². The number of benzene rings is 1. The highest BCUT2D eigenvalue weighted by molar-refractivity contribution is 7.99. The van der Waals surface area contributed by atoms with Crippen LogP contribution >= 0.6 is 23.1 Å². The van der Waals surface area contributed by atoms with Gasteiger partial charge in [-0.05, 0) is 29.9 Å². The van der Waals surface area contributed by atoms with Gasteiger partial charge in [0.2, 0.25) is 0 Å². The van der Waals surface area contributed by atoms with E-state index in [0.717, 1.165) is 48.7 Å². The van der Waals surface area contributed by atoms with Gasteiger partial charge in [0.15, 0.2) is 0 Å². The molecule has 0 saturated carbocycles. The number of ether oxygens (including phenoxy) is 1. The Bertz CT molecular complexity index is 863. The Labute approximate surface area is 174 Å². The molecule has 0 saturated heterocycles. The lowest BCUT2D eigenvalue weighted by atomic mass is 10.0. The summed E-state index contributed by atoms with van der Waals surface area (Å²) in [6.45, 7) is 7.27. The summed E-state index contributed by atoms with van der Waals surface area (Å²) in [7, 11) is 1.39. The van der Waals surface area contributed by atoms with E-state index in [0.29, 0.717) is 16.1 Å². The second-order valence-corrected chi connectivity index (χ2v) is 9.17. The van der Waals surface area contributed by atoms with Crippen molar-refractivity contribution in [1.29, 1.82) is 0 Å². The number of fused-ring (bicyclic) bond motifs is 1. The van der Waals surface area contributed by atoms with Gasteiger partial charge < -0.3 is 15.0 Å². The van der Waals surface area contributed by atoms with Crippen LogP contribution in [0.1, 0.15) is 51.4 Å². The molecule has 2 N–H and O–H groups in total. The Morgan fingerprint density at radius 3 is 2.79 bits per heavy atom. The number of methoxy groups -OCH3 is 1. The minimum atomic E-state index is -0.372. The number of hydrogen-bond donors (Lipinski definition) is 2. The van der Waals surface area contributed by atoms with Gasteiger partial charge in [0.05, 0.1) is 36.2 Å². The number of hydrogen-bond acceptors (Lipinski definition) is 5. The molecule has 3 rings (SSSR count). The second-order valence-electron chi connectivity index (χ2n) is 6.76. The van der Waals surface area contributed by atoms with E-state index in [1.54, 1.807) is 11.8 Å². The number of thioether (sulfide) groups is 1. The minimum Gasteiger partial charge on any atom is -0.465 e. The zero-order chi connectivity index (χ0) is 20.1. The van der Waals surface area contributed by atoms with Crippen LogP contribution < -0.4 is 10.2 Å². The fraction of sp³-hybridized carbons (Fsp3) is 0.429. The average Bonchev–Trinajstić information content (AvgIpc) is 3.05. The first-order valence-corrected chi connectivity index (χ1v) is 11.5. The molecule has 7 heteroatoms. The van der Waals surface area contributed by atoms with E-state index in [-0.39, 0.29) is 11.9 Å². The van der Waals surface area contributed by atoms with Crippen LogP contribution in [0.15, 0.2) is 29.2 Å². The number of thiophene rings is 1. The van der Waals surface area contributed by atoms with E-state index < -0.39 is 0 Å². The Balaban J connectivity index is 1.92. The molecule has 150 valence electrons. The van der Waals surface area contributed by atoms with Crippen LogP contribution in [-0.2, 0) is 17.7 Å². The Kier molecular flexibility index (Phi) is 7.15. The third kappa shape index (κ3) is 4.42. The van der Waals surface area contributed by atoms with E-state index in [1.807, 2.05) is 24.3 Å². The first-order chi connectivity index (χ1) is 13.6. The summed E-state index contributed by atoms with van der Waals surface area (Å²) in [4.78, 5) is 29.1. The fourth-order valence-electron chi connectivity index (χ4n) is 3.62. The number of quaternary nitrogens is 1. The topological polar surface area (TPSA) is 59.8 Å². The summed E-state index contributed by atoms with van der Waals surface area (Å²) >= 11 is 3.15. The zero-order valence-corrected chi connectivity index (χ0v) is 18.2. The molecule has 1 amide bonds. The number of rotatable bonds is 7. The minimum absolute atomic E-state index is 0.182. The van der Waals surface area contributed by atoms with E-state index in [1.165, 1.54) is 28.2 Å². The molecule has 0 bridgehead atoms. The largest absolute Gasteiger partial charge is 0.465 e. The average molecular weight is 420 g/mol. The van der Waals surface area contributed by atoms with E-state index >= 15 is 0 Å². The third-order valence-electron chi connectivity index (χ3n) is 4.88. The Morgan fingerprint density at radius 1 is 1.29 bits per heavy atom. The Hall–Kier alpha value is -1.83. The molecular weight excluding hydrogens is 392 g/mol. The molecule has 1 aromatic heterocycles. The first kappa shape index (κ1) is 20.9. The maximum Gasteiger partial charge on any atom is 0.341 e. The summed E-state index contributed by atoms with van der Waals surface area (Å²) in [5, 5.41) is 3.61. The fourth-order valence-corrected chi connectivity index (χ4v) is 5.72. The molecule has 1 unspecified atom stereocenters. The number of anilines is 1. The van der Waals surface area contributed by atoms with Crippen LogP contribution in [0.25, 0.3) is 0 Å². The predicted molar refractivity (Wildman–Crippen MR) is 115 cm³/mol. The molecule has 5 nitrogen and oxygen atoms in total. The number of carbonyl (C=O) groups excluding carboxylic acids is 2. The highest BCUT2D eigenvalue weighted by Crippen LogP contribution is 2.36. The highest BCUT2D eigenvalue weighted by Gasteiger charge is 2.31. The van der Waals surface area contributed by atoms with Gasteiger partial charge in [-0.25, -0.2) is 4.79 Å². The zero-order valence-electron chi connectivity index (χ0n) is 16.6. The lowest BCUT2D eigenvalue weighted by Crippen LogP contribution is -3.11. The third-order valence-corrected chi connectivity index (χ3v) is 6.98. The van der Waals surface area contributed by atoms with Crippen molar-refractivity contribution < 1.29 is 19.2 Å². The normalized spacial score (nSPS) is 15.8. The number of carbonyl (C=O) groups is 2. The van der Waals surface area contributed by atoms with E-state index in [9.17, 15) is 9.59 Å². The lowest BCUT2D eigenvalue weighted by Gasteiger charge is -2.23. The van der Waals surface area contributed by atoms with E-state index in [4.69, 9.17) is 4.74 Å². The van der Waals surface area contributed by atoms with Gasteiger partial charge in [-0.2, -0.15) is 0 Å². The van der Waals surface area contributed by atoms with Crippen molar-refractivity contribution in [3.8, 4) is 0 Å². The summed E-state index contributed by atoms with van der Waals surface area (Å²) in [5.74, 6) is 0.335. The maximum absolute atomic E-state index is 13.0. The van der Waals surface area contributed by atoms with Crippen molar-refractivity contribution in [2.24, 2.45) is 0 Å². The van der Waals surface area contributed by atoms with Gasteiger partial charge >= 0.3 is 5.97 Å².